The second-order valence-corrected chi connectivity index (χ2v) is 6.91. The molecule has 0 saturated carbocycles. The average Bonchev–Trinajstić information content (AvgIpc) is 3.33. The fourth-order valence-electron chi connectivity index (χ4n) is 3.17. The Balaban J connectivity index is 1.51. The van der Waals surface area contributed by atoms with E-state index in [1.54, 1.807) is 67.4 Å². The van der Waals surface area contributed by atoms with E-state index >= 15 is 0 Å². The SMILES string of the molecule is COc1ccc(-n2ccc(C(=O)Nc3cccc(C4(C)NC(=O)NC4=O)c3)n2)cc1. The normalized spacial score (nSPS) is 17.9. The molecule has 2 aromatic carbocycles. The summed E-state index contributed by atoms with van der Waals surface area (Å²) in [7, 11) is 1.59. The number of carbonyl (C=O) groups excluding carboxylic acids is 3. The number of amides is 4. The molecule has 2 heterocycles. The molecular weight excluding hydrogens is 386 g/mol. The van der Waals surface area contributed by atoms with Gasteiger partial charge in [0, 0.05) is 11.9 Å². The van der Waals surface area contributed by atoms with Crippen LogP contribution in [0.4, 0.5) is 10.5 Å². The Hall–Kier alpha value is -4.14. The van der Waals surface area contributed by atoms with Crippen LogP contribution in [-0.2, 0) is 10.3 Å². The molecule has 1 saturated heterocycles. The molecule has 3 aromatic rings. The topological polar surface area (TPSA) is 114 Å². The molecule has 0 bridgehead atoms. The molecule has 0 radical (unpaired) electrons. The molecule has 1 atom stereocenters. The van der Waals surface area contributed by atoms with Gasteiger partial charge < -0.3 is 15.4 Å². The molecule has 1 fully saturated rings. The first kappa shape index (κ1) is 19.2. The summed E-state index contributed by atoms with van der Waals surface area (Å²) in [5, 5.41) is 11.9. The number of carbonyl (C=O) groups is 3. The van der Waals surface area contributed by atoms with Gasteiger partial charge in [-0.05, 0) is 55.0 Å². The largest absolute Gasteiger partial charge is 0.497 e. The summed E-state index contributed by atoms with van der Waals surface area (Å²) in [5.41, 5.74) is 0.842. The van der Waals surface area contributed by atoms with Crippen molar-refractivity contribution in [3.05, 3.63) is 72.1 Å². The number of hydrogen-bond donors (Lipinski definition) is 3. The third-order valence-corrected chi connectivity index (χ3v) is 4.90. The number of imide groups is 1. The van der Waals surface area contributed by atoms with Gasteiger partial charge in [-0.2, -0.15) is 5.10 Å². The van der Waals surface area contributed by atoms with E-state index in [9.17, 15) is 14.4 Å². The first-order valence-electron chi connectivity index (χ1n) is 9.14. The van der Waals surface area contributed by atoms with Crippen molar-refractivity contribution in [2.24, 2.45) is 0 Å². The van der Waals surface area contributed by atoms with Crippen LogP contribution < -0.4 is 20.7 Å². The molecule has 9 nitrogen and oxygen atoms in total. The van der Waals surface area contributed by atoms with Crippen LogP contribution in [0.5, 0.6) is 5.75 Å². The Labute approximate surface area is 172 Å². The number of aromatic nitrogens is 2. The van der Waals surface area contributed by atoms with E-state index in [0.29, 0.717) is 11.3 Å². The summed E-state index contributed by atoms with van der Waals surface area (Å²) < 4.78 is 6.73. The maximum Gasteiger partial charge on any atom is 0.322 e. The fourth-order valence-corrected chi connectivity index (χ4v) is 3.17. The average molecular weight is 405 g/mol. The van der Waals surface area contributed by atoms with Crippen molar-refractivity contribution >= 4 is 23.5 Å². The predicted molar refractivity (Wildman–Crippen MR) is 109 cm³/mol. The highest BCUT2D eigenvalue weighted by Crippen LogP contribution is 2.26. The summed E-state index contributed by atoms with van der Waals surface area (Å²) in [6.07, 6.45) is 1.69. The number of nitrogens with one attached hydrogen (secondary N) is 3. The fraction of sp³-hybridized carbons (Fsp3) is 0.143. The first-order chi connectivity index (χ1) is 14.4. The van der Waals surface area contributed by atoms with Gasteiger partial charge in [-0.3, -0.25) is 14.9 Å². The second kappa shape index (κ2) is 7.36. The Morgan fingerprint density at radius 1 is 1.13 bits per heavy atom. The van der Waals surface area contributed by atoms with Gasteiger partial charge >= 0.3 is 6.03 Å². The van der Waals surface area contributed by atoms with Crippen molar-refractivity contribution < 1.29 is 19.1 Å². The van der Waals surface area contributed by atoms with E-state index in [4.69, 9.17) is 4.74 Å². The molecule has 1 aromatic heterocycles. The lowest BCUT2D eigenvalue weighted by molar-refractivity contribution is -0.123. The van der Waals surface area contributed by atoms with Gasteiger partial charge in [0.1, 0.15) is 11.3 Å². The van der Waals surface area contributed by atoms with Gasteiger partial charge in [-0.25, -0.2) is 9.48 Å². The molecule has 0 aliphatic carbocycles. The first-order valence-corrected chi connectivity index (χ1v) is 9.14. The zero-order chi connectivity index (χ0) is 21.3. The van der Waals surface area contributed by atoms with Gasteiger partial charge in [0.2, 0.25) is 0 Å². The third kappa shape index (κ3) is 3.48. The lowest BCUT2D eigenvalue weighted by atomic mass is 9.92. The number of methoxy groups -OCH3 is 1. The summed E-state index contributed by atoms with van der Waals surface area (Å²) in [5.74, 6) is -0.122. The number of urea groups is 1. The number of nitrogens with zero attached hydrogens (tertiary/aromatic N) is 2. The summed E-state index contributed by atoms with van der Waals surface area (Å²) in [4.78, 5) is 36.3. The van der Waals surface area contributed by atoms with E-state index in [2.05, 4.69) is 21.0 Å². The third-order valence-electron chi connectivity index (χ3n) is 4.90. The molecule has 1 aliphatic rings. The van der Waals surface area contributed by atoms with E-state index in [1.807, 2.05) is 12.1 Å². The lowest BCUT2D eigenvalue weighted by Gasteiger charge is -2.21. The van der Waals surface area contributed by atoms with Crippen LogP contribution in [0.3, 0.4) is 0 Å². The van der Waals surface area contributed by atoms with Crippen molar-refractivity contribution in [3.8, 4) is 11.4 Å². The minimum atomic E-state index is -1.20. The molecular formula is C21H19N5O4. The Kier molecular flexibility index (Phi) is 4.71. The molecule has 3 N–H and O–H groups in total. The molecule has 4 rings (SSSR count). The van der Waals surface area contributed by atoms with Crippen LogP contribution >= 0.6 is 0 Å². The smallest absolute Gasteiger partial charge is 0.322 e. The molecule has 152 valence electrons. The van der Waals surface area contributed by atoms with Crippen LogP contribution in [0.15, 0.2) is 60.8 Å². The quantitative estimate of drug-likeness (QED) is 0.563. The van der Waals surface area contributed by atoms with Crippen molar-refractivity contribution in [2.45, 2.75) is 12.5 Å². The number of rotatable bonds is 5. The van der Waals surface area contributed by atoms with Crippen molar-refractivity contribution in [1.82, 2.24) is 20.4 Å². The van der Waals surface area contributed by atoms with E-state index in [-0.39, 0.29) is 5.69 Å². The predicted octanol–water partition coefficient (Wildman–Crippen LogP) is 2.19. The number of anilines is 1. The van der Waals surface area contributed by atoms with E-state index in [0.717, 1.165) is 11.4 Å². The van der Waals surface area contributed by atoms with Gasteiger partial charge in [0.05, 0.1) is 12.8 Å². The maximum absolute atomic E-state index is 12.6. The molecule has 1 aliphatic heterocycles. The highest BCUT2D eigenvalue weighted by Gasteiger charge is 2.43. The van der Waals surface area contributed by atoms with E-state index < -0.39 is 23.4 Å². The van der Waals surface area contributed by atoms with Gasteiger partial charge in [-0.15, -0.1) is 0 Å². The highest BCUT2D eigenvalue weighted by atomic mass is 16.5. The van der Waals surface area contributed by atoms with Gasteiger partial charge in [0.25, 0.3) is 11.8 Å². The minimum absolute atomic E-state index is 0.231. The lowest BCUT2D eigenvalue weighted by Crippen LogP contribution is -2.40. The van der Waals surface area contributed by atoms with Crippen molar-refractivity contribution in [3.63, 3.8) is 0 Å². The van der Waals surface area contributed by atoms with Crippen molar-refractivity contribution in [2.75, 3.05) is 12.4 Å². The molecule has 9 heteroatoms. The van der Waals surface area contributed by atoms with Crippen LogP contribution in [0.25, 0.3) is 5.69 Å². The summed E-state index contributed by atoms with van der Waals surface area (Å²) >= 11 is 0. The van der Waals surface area contributed by atoms with Crippen LogP contribution in [0, 0.1) is 0 Å². The van der Waals surface area contributed by atoms with Crippen LogP contribution in [0.1, 0.15) is 23.0 Å². The number of hydrogen-bond acceptors (Lipinski definition) is 5. The Bertz CT molecular complexity index is 1140. The number of benzene rings is 2. The molecule has 30 heavy (non-hydrogen) atoms. The van der Waals surface area contributed by atoms with Gasteiger partial charge in [-0.1, -0.05) is 12.1 Å². The molecule has 4 amide bonds. The van der Waals surface area contributed by atoms with Crippen molar-refractivity contribution in [1.29, 1.82) is 0 Å². The standard InChI is InChI=1S/C21H19N5O4/c1-21(19(28)23-20(29)24-21)13-4-3-5-14(12-13)22-18(27)17-10-11-26(25-17)15-6-8-16(30-2)9-7-15/h3-12H,1-2H3,(H,22,27)(H2,23,24,28,29). The Morgan fingerprint density at radius 3 is 2.57 bits per heavy atom. The zero-order valence-corrected chi connectivity index (χ0v) is 16.3. The minimum Gasteiger partial charge on any atom is -0.497 e. The summed E-state index contributed by atoms with van der Waals surface area (Å²) in [6.45, 7) is 1.60. The maximum atomic E-state index is 12.6. The summed E-state index contributed by atoms with van der Waals surface area (Å²) in [6, 6.07) is 15.1. The van der Waals surface area contributed by atoms with E-state index in [1.165, 1.54) is 0 Å². The monoisotopic (exact) mass is 405 g/mol. The van der Waals surface area contributed by atoms with Crippen LogP contribution in [-0.4, -0.2) is 34.7 Å². The van der Waals surface area contributed by atoms with Gasteiger partial charge in [0.15, 0.2) is 5.69 Å². The second-order valence-electron chi connectivity index (χ2n) is 6.91. The molecule has 0 spiro atoms. The number of ether oxygens (including phenoxy) is 1. The zero-order valence-electron chi connectivity index (χ0n) is 16.3. The van der Waals surface area contributed by atoms with Crippen LogP contribution in [0.2, 0.25) is 0 Å². The molecule has 1 unspecified atom stereocenters. The highest BCUT2D eigenvalue weighted by molar-refractivity contribution is 6.07. The Morgan fingerprint density at radius 2 is 1.90 bits per heavy atom.